The van der Waals surface area contributed by atoms with Gasteiger partial charge in [-0.3, -0.25) is 34.6 Å². The molecule has 0 radical (unpaired) electrons. The third-order valence-electron chi connectivity index (χ3n) is 13.5. The van der Waals surface area contributed by atoms with Gasteiger partial charge in [-0.1, -0.05) is 91.2 Å². The standard InChI is InChI=1S/C48H49Cl2FN4O5/c1-29-33-17-11-14-30(35(33)28-55(29)39-23-24-41(58)53-45(39)59)13-5-2-3-6-15-32(56)16-7-8-20-40(57)44-42(34-18-12-19-37(50)43(34)51)48(47(54-44)25-9-4-10-26-47)36-22-21-31(49)27-38(36)52-46(48)60/h11-12,14,17-19,21-22,27,39,42,44,54H,1-4,6-10,15-16,20,23-26,28H2,(H,52,60)(H,53,58,59)/t39?,42-,44-,48+/m0/s1. The Bertz CT molecular complexity index is 2350. The normalized spacial score (nSPS) is 23.9. The first-order valence-corrected chi connectivity index (χ1v) is 22.0. The maximum absolute atomic E-state index is 16.2. The second-order valence-corrected chi connectivity index (χ2v) is 17.8. The van der Waals surface area contributed by atoms with Crippen LogP contribution in [0.1, 0.15) is 130 Å². The van der Waals surface area contributed by atoms with Crippen LogP contribution in [0.25, 0.3) is 5.70 Å². The highest BCUT2D eigenvalue weighted by atomic mass is 35.5. The molecule has 312 valence electrons. The van der Waals surface area contributed by atoms with Crippen molar-refractivity contribution >= 4 is 63.9 Å². The fourth-order valence-corrected chi connectivity index (χ4v) is 11.1. The first-order chi connectivity index (χ1) is 28.9. The Morgan fingerprint density at radius 1 is 0.917 bits per heavy atom. The van der Waals surface area contributed by atoms with Gasteiger partial charge in [0.25, 0.3) is 0 Å². The van der Waals surface area contributed by atoms with E-state index in [4.69, 9.17) is 23.2 Å². The van der Waals surface area contributed by atoms with Crippen molar-refractivity contribution in [2.24, 2.45) is 0 Å². The number of benzene rings is 3. The molecule has 3 amide bonds. The maximum Gasteiger partial charge on any atom is 0.249 e. The molecule has 1 aliphatic carbocycles. The van der Waals surface area contributed by atoms with Gasteiger partial charge in [-0.2, -0.15) is 0 Å². The third-order valence-corrected chi connectivity index (χ3v) is 14.0. The van der Waals surface area contributed by atoms with Gasteiger partial charge in [0.15, 0.2) is 0 Å². The number of hydrogen-bond donors (Lipinski definition) is 3. The van der Waals surface area contributed by atoms with Crippen molar-refractivity contribution in [1.82, 2.24) is 15.5 Å². The summed E-state index contributed by atoms with van der Waals surface area (Å²) in [4.78, 5) is 68.0. The van der Waals surface area contributed by atoms with Crippen LogP contribution in [0.3, 0.4) is 0 Å². The molecule has 0 aromatic heterocycles. The number of unbranched alkanes of at least 4 members (excludes halogenated alkanes) is 3. The predicted molar refractivity (Wildman–Crippen MR) is 230 cm³/mol. The van der Waals surface area contributed by atoms with Gasteiger partial charge in [0.2, 0.25) is 17.7 Å². The predicted octanol–water partition coefficient (Wildman–Crippen LogP) is 8.68. The van der Waals surface area contributed by atoms with Gasteiger partial charge in [0.05, 0.1) is 11.1 Å². The van der Waals surface area contributed by atoms with E-state index in [0.717, 1.165) is 53.6 Å². The number of nitrogens with zero attached hydrogens (tertiary/aromatic N) is 1. The smallest absolute Gasteiger partial charge is 0.249 e. The summed E-state index contributed by atoms with van der Waals surface area (Å²) in [5.41, 5.74) is 3.11. The largest absolute Gasteiger partial charge is 0.355 e. The number of amides is 3. The van der Waals surface area contributed by atoms with Gasteiger partial charge in [0, 0.05) is 77.6 Å². The lowest BCUT2D eigenvalue weighted by Gasteiger charge is -2.47. The number of nitrogens with one attached hydrogen (secondary N) is 3. The minimum Gasteiger partial charge on any atom is -0.355 e. The summed E-state index contributed by atoms with van der Waals surface area (Å²) in [6.07, 6.45) is 8.91. The molecular weight excluding hydrogens is 802 g/mol. The van der Waals surface area contributed by atoms with E-state index < -0.39 is 34.8 Å². The molecule has 5 aliphatic rings. The minimum absolute atomic E-state index is 0.0650. The highest BCUT2D eigenvalue weighted by Gasteiger charge is 2.72. The van der Waals surface area contributed by atoms with Crippen molar-refractivity contribution in [3.63, 3.8) is 0 Å². The van der Waals surface area contributed by atoms with E-state index >= 15 is 4.39 Å². The molecule has 8 rings (SSSR count). The van der Waals surface area contributed by atoms with Crippen molar-refractivity contribution < 1.29 is 28.4 Å². The highest BCUT2D eigenvalue weighted by molar-refractivity contribution is 6.31. The molecule has 2 spiro atoms. The van der Waals surface area contributed by atoms with E-state index in [0.29, 0.717) is 81.5 Å². The molecule has 3 aromatic rings. The van der Waals surface area contributed by atoms with Gasteiger partial charge < -0.3 is 10.2 Å². The highest BCUT2D eigenvalue weighted by Crippen LogP contribution is 2.63. The molecule has 1 unspecified atom stereocenters. The van der Waals surface area contributed by atoms with Crippen LogP contribution in [0.5, 0.6) is 0 Å². The van der Waals surface area contributed by atoms with Crippen molar-refractivity contribution in [3.8, 4) is 11.8 Å². The Morgan fingerprint density at radius 2 is 1.67 bits per heavy atom. The molecule has 4 aliphatic heterocycles. The first kappa shape index (κ1) is 41.9. The van der Waals surface area contributed by atoms with Crippen molar-refractivity contribution in [3.05, 3.63) is 105 Å². The van der Waals surface area contributed by atoms with Crippen LogP contribution in [-0.2, 0) is 35.9 Å². The number of carbonyl (C=O) groups is 5. The van der Waals surface area contributed by atoms with E-state index in [9.17, 15) is 24.0 Å². The van der Waals surface area contributed by atoms with Crippen LogP contribution >= 0.6 is 23.2 Å². The van der Waals surface area contributed by atoms with E-state index in [2.05, 4.69) is 34.4 Å². The number of imide groups is 1. The lowest BCUT2D eigenvalue weighted by atomic mass is 9.55. The Balaban J connectivity index is 0.867. The minimum atomic E-state index is -1.27. The number of piperidine rings is 1. The SMILES string of the molecule is C=C1c2cccc(C#CCCCCC(=O)CCCCC(=O)[C@@H]3NC4(CCCCC4)[C@@]4(C(=O)Nc5cc(Cl)ccc54)[C@H]3c3cccc(Cl)c3F)c2CN1C1CCC(=O)NC1=O. The molecule has 3 N–H and O–H groups in total. The quantitative estimate of drug-likeness (QED) is 0.0947. The molecule has 9 nitrogen and oxygen atoms in total. The summed E-state index contributed by atoms with van der Waals surface area (Å²) in [6, 6.07) is 14.7. The zero-order chi connectivity index (χ0) is 42.2. The summed E-state index contributed by atoms with van der Waals surface area (Å²) in [5.74, 6) is 4.27. The van der Waals surface area contributed by atoms with Gasteiger partial charge in [-0.05, 0) is 85.9 Å². The van der Waals surface area contributed by atoms with Crippen LogP contribution in [0.2, 0.25) is 10.0 Å². The first-order valence-electron chi connectivity index (χ1n) is 21.2. The Hall–Kier alpha value is -4.82. The Kier molecular flexibility index (Phi) is 12.1. The lowest BCUT2D eigenvalue weighted by molar-refractivity contribution is -0.136. The summed E-state index contributed by atoms with van der Waals surface area (Å²) in [6.45, 7) is 4.73. The molecule has 1 saturated carbocycles. The Morgan fingerprint density at radius 3 is 2.45 bits per heavy atom. The summed E-state index contributed by atoms with van der Waals surface area (Å²) in [7, 11) is 0. The molecule has 0 bridgehead atoms. The average molecular weight is 852 g/mol. The second-order valence-electron chi connectivity index (χ2n) is 16.9. The van der Waals surface area contributed by atoms with E-state index in [-0.39, 0.29) is 46.3 Å². The van der Waals surface area contributed by atoms with Crippen LogP contribution in [-0.4, -0.2) is 51.8 Å². The van der Waals surface area contributed by atoms with Crippen LogP contribution in [0.4, 0.5) is 10.1 Å². The van der Waals surface area contributed by atoms with E-state index in [1.165, 1.54) is 6.07 Å². The molecule has 4 atom stereocenters. The number of hydrogen-bond acceptors (Lipinski definition) is 7. The topological polar surface area (TPSA) is 125 Å². The van der Waals surface area contributed by atoms with Crippen molar-refractivity contribution in [2.45, 2.75) is 132 Å². The van der Waals surface area contributed by atoms with Crippen molar-refractivity contribution in [2.75, 3.05) is 5.32 Å². The van der Waals surface area contributed by atoms with Crippen LogP contribution in [0, 0.1) is 17.7 Å². The second kappa shape index (κ2) is 17.3. The number of carbonyl (C=O) groups excluding carboxylic acids is 5. The van der Waals surface area contributed by atoms with Crippen LogP contribution in [0.15, 0.2) is 61.2 Å². The van der Waals surface area contributed by atoms with Gasteiger partial charge >= 0.3 is 0 Å². The monoisotopic (exact) mass is 850 g/mol. The number of Topliss-reactive ketones (excluding diaryl/α,β-unsaturated/α-hetero) is 2. The number of anilines is 1. The van der Waals surface area contributed by atoms with E-state index in [1.54, 1.807) is 24.3 Å². The molecular formula is C48H49Cl2FN4O5. The zero-order valence-corrected chi connectivity index (χ0v) is 35.1. The van der Waals surface area contributed by atoms with Crippen molar-refractivity contribution in [1.29, 1.82) is 0 Å². The van der Waals surface area contributed by atoms with Gasteiger partial charge in [-0.25, -0.2) is 4.39 Å². The Labute approximate surface area is 360 Å². The number of ketones is 2. The molecule has 3 fully saturated rings. The fraction of sp³-hybridized carbons (Fsp3) is 0.438. The number of halogens is 3. The maximum atomic E-state index is 16.2. The number of rotatable bonds is 12. The molecule has 4 heterocycles. The fourth-order valence-electron chi connectivity index (χ4n) is 10.7. The summed E-state index contributed by atoms with van der Waals surface area (Å²) < 4.78 is 16.2. The van der Waals surface area contributed by atoms with Crippen LogP contribution < -0.4 is 16.0 Å². The van der Waals surface area contributed by atoms with E-state index in [1.807, 2.05) is 29.2 Å². The number of fused-ring (bicyclic) bond motifs is 4. The van der Waals surface area contributed by atoms with Gasteiger partial charge in [0.1, 0.15) is 28.8 Å². The molecule has 60 heavy (non-hydrogen) atoms. The lowest BCUT2D eigenvalue weighted by Crippen LogP contribution is -2.60. The molecule has 3 aromatic carbocycles. The van der Waals surface area contributed by atoms with Gasteiger partial charge in [-0.15, -0.1) is 0 Å². The third kappa shape index (κ3) is 7.47. The zero-order valence-electron chi connectivity index (χ0n) is 33.6. The molecule has 2 saturated heterocycles. The average Bonchev–Trinajstić information content (AvgIpc) is 3.82. The molecule has 12 heteroatoms. The summed E-state index contributed by atoms with van der Waals surface area (Å²) >= 11 is 12.8. The summed E-state index contributed by atoms with van der Waals surface area (Å²) in [5, 5.41) is 9.60.